The van der Waals surface area contributed by atoms with Crippen LogP contribution in [0.5, 0.6) is 0 Å². The Bertz CT molecular complexity index is 489. The molecular weight excluding hydrogens is 258 g/mol. The molecule has 0 aromatic carbocycles. The second-order valence-corrected chi connectivity index (χ2v) is 5.15. The summed E-state index contributed by atoms with van der Waals surface area (Å²) in [6.07, 6.45) is 5.63. The number of hydrogen-bond donors (Lipinski definition) is 3. The maximum atomic E-state index is 11.8. The van der Waals surface area contributed by atoms with Gasteiger partial charge in [-0.1, -0.05) is 13.0 Å². The number of rotatable bonds is 5. The monoisotopic (exact) mass is 277 g/mol. The van der Waals surface area contributed by atoms with E-state index < -0.39 is 5.97 Å². The lowest BCUT2D eigenvalue weighted by atomic mass is 9.75. The van der Waals surface area contributed by atoms with Gasteiger partial charge in [0.25, 0.3) is 0 Å². The van der Waals surface area contributed by atoms with Crippen molar-refractivity contribution in [1.82, 2.24) is 15.6 Å². The Morgan fingerprint density at radius 3 is 2.60 bits per heavy atom. The first-order chi connectivity index (χ1) is 9.54. The summed E-state index contributed by atoms with van der Waals surface area (Å²) in [4.78, 5) is 26.3. The van der Waals surface area contributed by atoms with Crippen LogP contribution in [0.15, 0.2) is 18.3 Å². The van der Waals surface area contributed by atoms with Crippen molar-refractivity contribution in [3.63, 3.8) is 0 Å². The normalized spacial score (nSPS) is 16.1. The second-order valence-electron chi connectivity index (χ2n) is 5.15. The minimum Gasteiger partial charge on any atom is -0.477 e. The number of amides is 2. The van der Waals surface area contributed by atoms with E-state index in [0.29, 0.717) is 6.54 Å². The third-order valence-electron chi connectivity index (χ3n) is 3.86. The maximum absolute atomic E-state index is 11.8. The molecule has 0 saturated heterocycles. The van der Waals surface area contributed by atoms with Crippen molar-refractivity contribution in [2.45, 2.75) is 44.7 Å². The van der Waals surface area contributed by atoms with E-state index in [1.54, 1.807) is 6.07 Å². The van der Waals surface area contributed by atoms with Gasteiger partial charge in [0.15, 0.2) is 0 Å². The summed E-state index contributed by atoms with van der Waals surface area (Å²) >= 11 is 0. The number of carboxylic acids is 1. The molecule has 6 nitrogen and oxygen atoms in total. The molecule has 1 saturated carbocycles. The number of nitrogens with one attached hydrogen (secondary N) is 2. The zero-order valence-electron chi connectivity index (χ0n) is 11.5. The first-order valence-corrected chi connectivity index (χ1v) is 6.79. The van der Waals surface area contributed by atoms with Gasteiger partial charge in [0, 0.05) is 18.3 Å². The number of nitrogens with zero attached hydrogens (tertiary/aromatic N) is 1. The highest BCUT2D eigenvalue weighted by Crippen LogP contribution is 2.34. The van der Waals surface area contributed by atoms with Crippen molar-refractivity contribution >= 4 is 12.0 Å². The van der Waals surface area contributed by atoms with Crippen LogP contribution in [-0.4, -0.2) is 27.6 Å². The molecule has 6 heteroatoms. The van der Waals surface area contributed by atoms with Crippen molar-refractivity contribution in [3.8, 4) is 0 Å². The predicted octanol–water partition coefficient (Wildman–Crippen LogP) is 1.91. The van der Waals surface area contributed by atoms with Gasteiger partial charge < -0.3 is 15.7 Å². The molecule has 0 aliphatic heterocycles. The summed E-state index contributed by atoms with van der Waals surface area (Å²) in [7, 11) is 0. The molecule has 0 bridgehead atoms. The Hall–Kier alpha value is -2.11. The lowest BCUT2D eigenvalue weighted by Gasteiger charge is -2.41. The van der Waals surface area contributed by atoms with E-state index >= 15 is 0 Å². The summed E-state index contributed by atoms with van der Waals surface area (Å²) in [6, 6.07) is 2.89. The van der Waals surface area contributed by atoms with E-state index in [-0.39, 0.29) is 17.3 Å². The molecule has 1 heterocycles. The number of hydrogen-bond acceptors (Lipinski definition) is 3. The molecule has 20 heavy (non-hydrogen) atoms. The molecule has 1 fully saturated rings. The standard InChI is InChI=1S/C14H19N3O3/c1-2-14(6-3-7-14)17-13(20)16-9-10-4-5-11(12(18)19)15-8-10/h4-5,8H,2-3,6-7,9H2,1H3,(H,18,19)(H2,16,17,20). The van der Waals surface area contributed by atoms with Crippen LogP contribution in [-0.2, 0) is 6.54 Å². The first kappa shape index (κ1) is 14.3. The van der Waals surface area contributed by atoms with E-state index in [1.807, 2.05) is 0 Å². The maximum Gasteiger partial charge on any atom is 0.354 e. The smallest absolute Gasteiger partial charge is 0.354 e. The summed E-state index contributed by atoms with van der Waals surface area (Å²) in [5.41, 5.74) is 0.733. The van der Waals surface area contributed by atoms with Crippen LogP contribution in [0.2, 0.25) is 0 Å². The third kappa shape index (κ3) is 3.26. The van der Waals surface area contributed by atoms with Crippen LogP contribution >= 0.6 is 0 Å². The van der Waals surface area contributed by atoms with Crippen LogP contribution in [0.4, 0.5) is 4.79 Å². The summed E-state index contributed by atoms with van der Waals surface area (Å²) < 4.78 is 0. The van der Waals surface area contributed by atoms with E-state index in [9.17, 15) is 9.59 Å². The zero-order valence-corrected chi connectivity index (χ0v) is 11.5. The molecule has 1 aromatic rings. The van der Waals surface area contributed by atoms with Gasteiger partial charge >= 0.3 is 12.0 Å². The van der Waals surface area contributed by atoms with Gasteiger partial charge in [-0.2, -0.15) is 0 Å². The fourth-order valence-electron chi connectivity index (χ4n) is 2.29. The van der Waals surface area contributed by atoms with Crippen molar-refractivity contribution < 1.29 is 14.7 Å². The number of pyridine rings is 1. The average Bonchev–Trinajstić information content (AvgIpc) is 2.41. The second kappa shape index (κ2) is 5.90. The number of urea groups is 1. The molecule has 1 aliphatic rings. The van der Waals surface area contributed by atoms with Crippen molar-refractivity contribution in [1.29, 1.82) is 0 Å². The Morgan fingerprint density at radius 1 is 1.40 bits per heavy atom. The molecule has 1 aliphatic carbocycles. The summed E-state index contributed by atoms with van der Waals surface area (Å²) in [5.74, 6) is -1.06. The van der Waals surface area contributed by atoms with E-state index in [4.69, 9.17) is 5.11 Å². The number of carbonyl (C=O) groups excluding carboxylic acids is 1. The Balaban J connectivity index is 1.82. The van der Waals surface area contributed by atoms with Gasteiger partial charge in [-0.05, 0) is 37.3 Å². The van der Waals surface area contributed by atoms with Gasteiger partial charge in [0.2, 0.25) is 0 Å². The summed E-state index contributed by atoms with van der Waals surface area (Å²) in [5, 5.41) is 14.5. The molecule has 0 atom stereocenters. The lowest BCUT2D eigenvalue weighted by Crippen LogP contribution is -2.55. The zero-order chi connectivity index (χ0) is 14.6. The molecule has 108 valence electrons. The Kier molecular flexibility index (Phi) is 4.22. The highest BCUT2D eigenvalue weighted by Gasteiger charge is 2.36. The van der Waals surface area contributed by atoms with E-state index in [2.05, 4.69) is 22.5 Å². The van der Waals surface area contributed by atoms with E-state index in [0.717, 1.165) is 31.2 Å². The molecule has 2 amide bonds. The van der Waals surface area contributed by atoms with Gasteiger partial charge in [0.1, 0.15) is 5.69 Å². The van der Waals surface area contributed by atoms with Crippen LogP contribution < -0.4 is 10.6 Å². The first-order valence-electron chi connectivity index (χ1n) is 6.79. The average molecular weight is 277 g/mol. The quantitative estimate of drug-likeness (QED) is 0.766. The van der Waals surface area contributed by atoms with Crippen LogP contribution in [0.25, 0.3) is 0 Å². The molecule has 3 N–H and O–H groups in total. The largest absolute Gasteiger partial charge is 0.477 e. The van der Waals surface area contributed by atoms with Crippen molar-refractivity contribution in [2.75, 3.05) is 0 Å². The lowest BCUT2D eigenvalue weighted by molar-refractivity contribution is 0.0690. The van der Waals surface area contributed by atoms with Gasteiger partial charge in [-0.25, -0.2) is 14.6 Å². The Labute approximate surface area is 117 Å². The van der Waals surface area contributed by atoms with Gasteiger partial charge in [0.05, 0.1) is 0 Å². The van der Waals surface area contributed by atoms with Gasteiger partial charge in [-0.3, -0.25) is 0 Å². The van der Waals surface area contributed by atoms with E-state index in [1.165, 1.54) is 12.3 Å². The highest BCUT2D eigenvalue weighted by molar-refractivity contribution is 5.85. The number of aromatic carboxylic acids is 1. The van der Waals surface area contributed by atoms with Crippen LogP contribution in [0.3, 0.4) is 0 Å². The minimum atomic E-state index is -1.06. The van der Waals surface area contributed by atoms with Crippen molar-refractivity contribution in [2.24, 2.45) is 0 Å². The molecule has 0 unspecified atom stereocenters. The molecule has 2 rings (SSSR count). The third-order valence-corrected chi connectivity index (χ3v) is 3.86. The highest BCUT2D eigenvalue weighted by atomic mass is 16.4. The van der Waals surface area contributed by atoms with Gasteiger partial charge in [-0.15, -0.1) is 0 Å². The number of carboxylic acid groups (broad SMARTS) is 1. The SMILES string of the molecule is CCC1(NC(=O)NCc2ccc(C(=O)O)nc2)CCC1. The Morgan fingerprint density at radius 2 is 2.15 bits per heavy atom. The number of carbonyl (C=O) groups is 2. The minimum absolute atomic E-state index is 0.00222. The molecule has 1 aromatic heterocycles. The fraction of sp³-hybridized carbons (Fsp3) is 0.500. The fourth-order valence-corrected chi connectivity index (χ4v) is 2.29. The summed E-state index contributed by atoms with van der Waals surface area (Å²) in [6.45, 7) is 2.41. The topological polar surface area (TPSA) is 91.3 Å². The van der Waals surface area contributed by atoms with Crippen molar-refractivity contribution in [3.05, 3.63) is 29.6 Å². The molecule has 0 spiro atoms. The number of aromatic nitrogens is 1. The molecular formula is C14H19N3O3. The van der Waals surface area contributed by atoms with Crippen LogP contribution in [0.1, 0.15) is 48.7 Å². The molecule has 0 radical (unpaired) electrons. The predicted molar refractivity (Wildman–Crippen MR) is 73.4 cm³/mol. The van der Waals surface area contributed by atoms with Crippen LogP contribution in [0, 0.1) is 0 Å².